The van der Waals surface area contributed by atoms with Crippen LogP contribution >= 0.6 is 0 Å². The fourth-order valence-corrected chi connectivity index (χ4v) is 3.66. The third-order valence-electron chi connectivity index (χ3n) is 5.23. The van der Waals surface area contributed by atoms with Crippen molar-refractivity contribution in [1.29, 1.82) is 0 Å². The summed E-state index contributed by atoms with van der Waals surface area (Å²) in [5.74, 6) is -0.559. The second-order valence-corrected chi connectivity index (χ2v) is 7.22. The molecule has 1 amide bonds. The van der Waals surface area contributed by atoms with Crippen molar-refractivity contribution < 1.29 is 23.0 Å². The first-order valence-electron chi connectivity index (χ1n) is 9.47. The Balaban J connectivity index is 1.99. The van der Waals surface area contributed by atoms with Gasteiger partial charge in [-0.05, 0) is 24.3 Å². The van der Waals surface area contributed by atoms with Crippen LogP contribution in [0, 0.1) is 5.82 Å². The van der Waals surface area contributed by atoms with Crippen LogP contribution in [-0.4, -0.2) is 46.4 Å². The monoisotopic (exact) mass is 429 g/mol. The molecule has 1 aromatic carbocycles. The highest BCUT2D eigenvalue weighted by atomic mass is 19.1. The van der Waals surface area contributed by atoms with Crippen molar-refractivity contribution in [2.24, 2.45) is 7.05 Å². The van der Waals surface area contributed by atoms with Crippen LogP contribution < -0.4 is 15.2 Å². The minimum Gasteiger partial charge on any atom is -0.479 e. The van der Waals surface area contributed by atoms with Gasteiger partial charge in [0.1, 0.15) is 12.5 Å². The Labute approximate surface area is 177 Å². The minimum absolute atomic E-state index is 0.0325. The number of aromatic nitrogens is 3. The van der Waals surface area contributed by atoms with Gasteiger partial charge in [0, 0.05) is 37.0 Å². The number of methoxy groups -OCH3 is 1. The first kappa shape index (κ1) is 20.6. The number of hydrogen-bond acceptors (Lipinski definition) is 6. The van der Waals surface area contributed by atoms with Gasteiger partial charge in [-0.15, -0.1) is 5.10 Å². The summed E-state index contributed by atoms with van der Waals surface area (Å²) in [6.45, 7) is -0.836. The lowest BCUT2D eigenvalue weighted by Gasteiger charge is -2.24. The summed E-state index contributed by atoms with van der Waals surface area (Å²) >= 11 is 0. The van der Waals surface area contributed by atoms with Crippen molar-refractivity contribution in [1.82, 2.24) is 19.7 Å². The van der Waals surface area contributed by atoms with Crippen LogP contribution in [0.2, 0.25) is 0 Å². The Kier molecular flexibility index (Phi) is 5.22. The molecule has 31 heavy (non-hydrogen) atoms. The summed E-state index contributed by atoms with van der Waals surface area (Å²) in [5.41, 5.74) is 8.05. The van der Waals surface area contributed by atoms with Crippen molar-refractivity contribution in [3.63, 3.8) is 0 Å². The number of alkyl halides is 1. The average Bonchev–Trinajstić information content (AvgIpc) is 3.07. The van der Waals surface area contributed by atoms with E-state index in [0.717, 1.165) is 12.1 Å². The fourth-order valence-electron chi connectivity index (χ4n) is 3.66. The first-order valence-corrected chi connectivity index (χ1v) is 9.47. The van der Waals surface area contributed by atoms with Gasteiger partial charge >= 0.3 is 0 Å². The number of aryl methyl sites for hydroxylation is 1. The van der Waals surface area contributed by atoms with Gasteiger partial charge in [0.15, 0.2) is 17.7 Å². The molecule has 3 aromatic rings. The summed E-state index contributed by atoms with van der Waals surface area (Å²) in [7, 11) is 4.82. The molecule has 2 bridgehead atoms. The number of nitrogen functional groups attached to an aromatic ring is 1. The van der Waals surface area contributed by atoms with E-state index in [0.29, 0.717) is 22.7 Å². The van der Waals surface area contributed by atoms with Crippen LogP contribution in [0.3, 0.4) is 0 Å². The molecule has 1 unspecified atom stereocenters. The van der Waals surface area contributed by atoms with E-state index in [9.17, 15) is 13.6 Å². The zero-order valence-electron chi connectivity index (χ0n) is 17.2. The first-order chi connectivity index (χ1) is 14.8. The van der Waals surface area contributed by atoms with Crippen molar-refractivity contribution in [3.05, 3.63) is 53.1 Å². The van der Waals surface area contributed by atoms with Gasteiger partial charge < -0.3 is 20.1 Å². The molecule has 0 aliphatic carbocycles. The van der Waals surface area contributed by atoms with E-state index in [1.165, 1.54) is 24.3 Å². The van der Waals surface area contributed by atoms with Crippen molar-refractivity contribution in [3.8, 4) is 22.8 Å². The molecule has 2 aromatic heterocycles. The van der Waals surface area contributed by atoms with Crippen molar-refractivity contribution in [2.45, 2.75) is 12.6 Å². The smallest absolute Gasteiger partial charge is 0.254 e. The Morgan fingerprint density at radius 1 is 1.32 bits per heavy atom. The molecule has 4 rings (SSSR count). The Hall–Kier alpha value is -3.69. The Morgan fingerprint density at radius 2 is 2.10 bits per heavy atom. The molecule has 3 heterocycles. The lowest BCUT2D eigenvalue weighted by atomic mass is 10.00. The van der Waals surface area contributed by atoms with E-state index < -0.39 is 24.5 Å². The summed E-state index contributed by atoms with van der Waals surface area (Å²) in [4.78, 5) is 18.8. The van der Waals surface area contributed by atoms with Gasteiger partial charge in [0.2, 0.25) is 5.88 Å². The van der Waals surface area contributed by atoms with Crippen LogP contribution in [0.15, 0.2) is 30.5 Å². The summed E-state index contributed by atoms with van der Waals surface area (Å²) in [6, 6.07) is 5.18. The molecule has 0 spiro atoms. The molecule has 0 fully saturated rings. The van der Waals surface area contributed by atoms with Gasteiger partial charge in [-0.1, -0.05) is 0 Å². The second-order valence-electron chi connectivity index (χ2n) is 7.22. The van der Waals surface area contributed by atoms with E-state index >= 15 is 0 Å². The van der Waals surface area contributed by atoms with Gasteiger partial charge in [-0.3, -0.25) is 9.48 Å². The number of carbonyl (C=O) groups is 1. The zero-order chi connectivity index (χ0) is 22.3. The fraction of sp³-hybridized carbons (Fsp3) is 0.286. The number of benzene rings is 1. The number of halogens is 2. The molecule has 162 valence electrons. The normalized spacial score (nSPS) is 16.0. The molecule has 0 radical (unpaired) electrons. The van der Waals surface area contributed by atoms with E-state index in [4.69, 9.17) is 15.2 Å². The highest BCUT2D eigenvalue weighted by molar-refractivity contribution is 5.96. The standard InChI is InChI=1S/C21H21F2N5O3/c1-27-10-15-18(20(30-3)26-28(15)2)11-6-16(19(24)25-9-11)31-17(8-22)14-7-12(23)4-5-13(14)21(27)29/h4-7,9,17H,8,10H2,1-3H3,(H2,24,25). The molecular formula is C21H21F2N5O3. The average molecular weight is 429 g/mol. The Morgan fingerprint density at radius 3 is 2.81 bits per heavy atom. The molecule has 8 nitrogen and oxygen atoms in total. The maximum absolute atomic E-state index is 14.0. The van der Waals surface area contributed by atoms with Crippen LogP contribution in [0.25, 0.3) is 11.1 Å². The molecule has 1 aliphatic heterocycles. The number of pyridine rings is 1. The molecule has 2 N–H and O–H groups in total. The summed E-state index contributed by atoms with van der Waals surface area (Å²) in [5, 5.41) is 4.37. The van der Waals surface area contributed by atoms with Crippen molar-refractivity contribution in [2.75, 3.05) is 26.6 Å². The molecule has 10 heteroatoms. The number of nitrogens with two attached hydrogens (primary N) is 1. The maximum Gasteiger partial charge on any atom is 0.254 e. The van der Waals surface area contributed by atoms with Gasteiger partial charge in [-0.2, -0.15) is 0 Å². The van der Waals surface area contributed by atoms with Crippen LogP contribution in [-0.2, 0) is 13.6 Å². The van der Waals surface area contributed by atoms with Gasteiger partial charge in [0.25, 0.3) is 5.91 Å². The number of fused-ring (bicyclic) bond motifs is 5. The quantitative estimate of drug-likeness (QED) is 0.673. The third kappa shape index (κ3) is 3.54. The van der Waals surface area contributed by atoms with E-state index in [2.05, 4.69) is 10.1 Å². The van der Waals surface area contributed by atoms with E-state index in [1.807, 2.05) is 0 Å². The number of hydrogen-bond donors (Lipinski definition) is 1. The molecular weight excluding hydrogens is 408 g/mol. The molecule has 1 atom stereocenters. The van der Waals surface area contributed by atoms with E-state index in [1.54, 1.807) is 24.8 Å². The van der Waals surface area contributed by atoms with Crippen LogP contribution in [0.4, 0.5) is 14.6 Å². The van der Waals surface area contributed by atoms with Gasteiger partial charge in [-0.25, -0.2) is 13.8 Å². The number of nitrogens with zero attached hydrogens (tertiary/aromatic N) is 4. The van der Waals surface area contributed by atoms with Crippen molar-refractivity contribution >= 4 is 11.7 Å². The lowest BCUT2D eigenvalue weighted by molar-refractivity contribution is 0.0774. The molecule has 0 saturated heterocycles. The SMILES string of the molecule is COc1nn(C)c2c1-c1cnc(N)c(c1)OC(CF)c1cc(F)ccc1C(=O)N(C)C2. The molecule has 0 saturated carbocycles. The Bertz CT molecular complexity index is 1160. The predicted octanol–water partition coefficient (Wildman–Crippen LogP) is 2.89. The number of rotatable bonds is 2. The maximum atomic E-state index is 14.0. The van der Waals surface area contributed by atoms with E-state index in [-0.39, 0.29) is 29.2 Å². The highest BCUT2D eigenvalue weighted by Crippen LogP contribution is 2.38. The van der Waals surface area contributed by atoms with Gasteiger partial charge in [0.05, 0.1) is 24.9 Å². The summed E-state index contributed by atoms with van der Waals surface area (Å²) < 4.78 is 40.9. The summed E-state index contributed by atoms with van der Waals surface area (Å²) in [6.07, 6.45) is 0.272. The minimum atomic E-state index is -1.25. The number of ether oxygens (including phenoxy) is 2. The van der Waals surface area contributed by atoms with Crippen LogP contribution in [0.5, 0.6) is 11.6 Å². The lowest BCUT2D eigenvalue weighted by Crippen LogP contribution is -2.29. The topological polar surface area (TPSA) is 95.5 Å². The number of anilines is 1. The number of carbonyl (C=O) groups excluding carboxylic acids is 1. The zero-order valence-corrected chi connectivity index (χ0v) is 17.2. The predicted molar refractivity (Wildman–Crippen MR) is 109 cm³/mol. The largest absolute Gasteiger partial charge is 0.479 e. The number of amides is 1. The van der Waals surface area contributed by atoms with Crippen LogP contribution in [0.1, 0.15) is 27.7 Å². The highest BCUT2D eigenvalue weighted by Gasteiger charge is 2.28. The third-order valence-corrected chi connectivity index (χ3v) is 5.23. The second kappa shape index (κ2) is 7.86. The molecule has 1 aliphatic rings.